The summed E-state index contributed by atoms with van der Waals surface area (Å²) < 4.78 is 1.38. The molecule has 1 N–H and O–H groups in total. The second kappa shape index (κ2) is 6.40. The fraction of sp³-hybridized carbons (Fsp3) is 0.333. The Morgan fingerprint density at radius 2 is 2.16 bits per heavy atom. The SMILES string of the molecule is C[C@@H](NC(=O)c1cnc2ccccn2c1=O)c1nc2c(s1)CCCC2. The highest BCUT2D eigenvalue weighted by atomic mass is 32.1. The molecule has 7 heteroatoms. The average molecular weight is 354 g/mol. The molecule has 4 rings (SSSR count). The van der Waals surface area contributed by atoms with E-state index < -0.39 is 5.91 Å². The standard InChI is InChI=1S/C18H18N4O2S/c1-11(17-21-13-6-2-3-7-14(13)25-17)20-16(23)12-10-19-15-8-4-5-9-22(15)18(12)24/h4-5,8-11H,2-3,6-7H2,1H3,(H,20,23)/t11-/m1/s1. The van der Waals surface area contributed by atoms with Gasteiger partial charge in [0.05, 0.1) is 11.7 Å². The minimum atomic E-state index is -0.420. The van der Waals surface area contributed by atoms with Crippen LogP contribution in [0.2, 0.25) is 0 Å². The molecule has 0 radical (unpaired) electrons. The third kappa shape index (κ3) is 2.95. The van der Waals surface area contributed by atoms with E-state index in [1.165, 1.54) is 34.0 Å². The summed E-state index contributed by atoms with van der Waals surface area (Å²) >= 11 is 1.66. The Hall–Kier alpha value is -2.54. The van der Waals surface area contributed by atoms with Gasteiger partial charge in [0.2, 0.25) is 0 Å². The third-order valence-corrected chi connectivity index (χ3v) is 5.78. The summed E-state index contributed by atoms with van der Waals surface area (Å²) in [5, 5.41) is 3.78. The van der Waals surface area contributed by atoms with Gasteiger partial charge in [-0.15, -0.1) is 11.3 Å². The summed E-state index contributed by atoms with van der Waals surface area (Å²) in [6.07, 6.45) is 7.42. The molecule has 0 unspecified atom stereocenters. The molecular weight excluding hydrogens is 336 g/mol. The number of aromatic nitrogens is 3. The summed E-state index contributed by atoms with van der Waals surface area (Å²) in [6, 6.07) is 5.03. The molecule has 1 amide bonds. The quantitative estimate of drug-likeness (QED) is 0.784. The van der Waals surface area contributed by atoms with Crippen LogP contribution in [0, 0.1) is 0 Å². The van der Waals surface area contributed by atoms with Crippen molar-refractivity contribution in [2.24, 2.45) is 0 Å². The highest BCUT2D eigenvalue weighted by Crippen LogP contribution is 2.29. The molecule has 1 aliphatic rings. The number of pyridine rings is 1. The number of fused-ring (bicyclic) bond motifs is 2. The monoisotopic (exact) mass is 354 g/mol. The lowest BCUT2D eigenvalue weighted by atomic mass is 10.0. The summed E-state index contributed by atoms with van der Waals surface area (Å²) in [5.41, 5.74) is 1.36. The number of nitrogens with zero attached hydrogens (tertiary/aromatic N) is 3. The smallest absolute Gasteiger partial charge is 0.270 e. The van der Waals surface area contributed by atoms with Crippen LogP contribution in [0.3, 0.4) is 0 Å². The molecule has 3 heterocycles. The number of rotatable bonds is 3. The van der Waals surface area contributed by atoms with Gasteiger partial charge < -0.3 is 5.32 Å². The van der Waals surface area contributed by atoms with E-state index in [4.69, 9.17) is 0 Å². The van der Waals surface area contributed by atoms with Crippen LogP contribution in [0.1, 0.15) is 51.7 Å². The molecule has 0 aromatic carbocycles. The van der Waals surface area contributed by atoms with E-state index in [1.54, 1.807) is 35.7 Å². The molecule has 3 aromatic rings. The van der Waals surface area contributed by atoms with Gasteiger partial charge in [0.1, 0.15) is 16.2 Å². The number of amides is 1. The number of hydrogen-bond donors (Lipinski definition) is 1. The first kappa shape index (κ1) is 16.0. The number of thiazole rings is 1. The van der Waals surface area contributed by atoms with E-state index in [1.807, 2.05) is 6.92 Å². The van der Waals surface area contributed by atoms with Crippen molar-refractivity contribution in [1.29, 1.82) is 0 Å². The molecule has 6 nitrogen and oxygen atoms in total. The maximum atomic E-state index is 12.5. The van der Waals surface area contributed by atoms with E-state index in [0.29, 0.717) is 5.65 Å². The summed E-state index contributed by atoms with van der Waals surface area (Å²) in [6.45, 7) is 1.90. The van der Waals surface area contributed by atoms with Gasteiger partial charge in [-0.3, -0.25) is 14.0 Å². The molecule has 0 saturated heterocycles. The van der Waals surface area contributed by atoms with Crippen molar-refractivity contribution in [1.82, 2.24) is 19.7 Å². The molecule has 3 aromatic heterocycles. The summed E-state index contributed by atoms with van der Waals surface area (Å²) in [4.78, 5) is 35.2. The van der Waals surface area contributed by atoms with Crippen molar-refractivity contribution in [2.75, 3.05) is 0 Å². The molecule has 0 bridgehead atoms. The maximum absolute atomic E-state index is 12.5. The molecule has 0 spiro atoms. The Bertz CT molecular complexity index is 984. The van der Waals surface area contributed by atoms with Crippen LogP contribution in [-0.2, 0) is 12.8 Å². The highest BCUT2D eigenvalue weighted by Gasteiger charge is 2.21. The fourth-order valence-corrected chi connectivity index (χ4v) is 4.23. The number of carbonyl (C=O) groups is 1. The second-order valence-corrected chi connectivity index (χ2v) is 7.35. The Morgan fingerprint density at radius 3 is 3.00 bits per heavy atom. The van der Waals surface area contributed by atoms with Crippen molar-refractivity contribution < 1.29 is 4.79 Å². The predicted molar refractivity (Wildman–Crippen MR) is 96.1 cm³/mol. The predicted octanol–water partition coefficient (Wildman–Crippen LogP) is 2.52. The van der Waals surface area contributed by atoms with Crippen LogP contribution < -0.4 is 10.9 Å². The molecule has 1 atom stereocenters. The Balaban J connectivity index is 1.58. The molecule has 25 heavy (non-hydrogen) atoms. The van der Waals surface area contributed by atoms with Gasteiger partial charge >= 0.3 is 0 Å². The second-order valence-electron chi connectivity index (χ2n) is 6.23. The lowest BCUT2D eigenvalue weighted by molar-refractivity contribution is 0.0937. The van der Waals surface area contributed by atoms with E-state index in [0.717, 1.165) is 17.8 Å². The first-order chi connectivity index (χ1) is 12.1. The molecule has 1 aliphatic carbocycles. The van der Waals surface area contributed by atoms with Crippen LogP contribution in [0.15, 0.2) is 35.4 Å². The van der Waals surface area contributed by atoms with E-state index in [2.05, 4.69) is 15.3 Å². The molecule has 0 fully saturated rings. The molecule has 0 aliphatic heterocycles. The number of aryl methyl sites for hydroxylation is 2. The van der Waals surface area contributed by atoms with Crippen molar-refractivity contribution in [3.63, 3.8) is 0 Å². The first-order valence-corrected chi connectivity index (χ1v) is 9.21. The van der Waals surface area contributed by atoms with Crippen LogP contribution >= 0.6 is 11.3 Å². The van der Waals surface area contributed by atoms with Crippen molar-refractivity contribution in [2.45, 2.75) is 38.6 Å². The van der Waals surface area contributed by atoms with Crippen molar-refractivity contribution >= 4 is 22.9 Å². The molecule has 0 saturated carbocycles. The number of hydrogen-bond acceptors (Lipinski definition) is 5. The van der Waals surface area contributed by atoms with E-state index in [-0.39, 0.29) is 17.2 Å². The molecular formula is C18H18N4O2S. The number of nitrogens with one attached hydrogen (secondary N) is 1. The normalized spacial score (nSPS) is 14.9. The summed E-state index contributed by atoms with van der Waals surface area (Å²) in [5.74, 6) is -0.420. The van der Waals surface area contributed by atoms with Crippen molar-refractivity contribution in [3.8, 4) is 0 Å². The zero-order chi connectivity index (χ0) is 17.4. The number of carbonyl (C=O) groups excluding carboxylic acids is 1. The zero-order valence-electron chi connectivity index (χ0n) is 13.9. The van der Waals surface area contributed by atoms with E-state index >= 15 is 0 Å². The van der Waals surface area contributed by atoms with Gasteiger partial charge in [-0.25, -0.2) is 9.97 Å². The lowest BCUT2D eigenvalue weighted by Crippen LogP contribution is -2.33. The van der Waals surface area contributed by atoms with Crippen LogP contribution in [-0.4, -0.2) is 20.3 Å². The zero-order valence-corrected chi connectivity index (χ0v) is 14.7. The van der Waals surface area contributed by atoms with Crippen LogP contribution in [0.25, 0.3) is 5.65 Å². The van der Waals surface area contributed by atoms with Gasteiger partial charge in [-0.1, -0.05) is 6.07 Å². The largest absolute Gasteiger partial charge is 0.343 e. The van der Waals surface area contributed by atoms with Gasteiger partial charge in [0.25, 0.3) is 11.5 Å². The first-order valence-electron chi connectivity index (χ1n) is 8.39. The highest BCUT2D eigenvalue weighted by molar-refractivity contribution is 7.11. The Labute approximate surface area is 148 Å². The van der Waals surface area contributed by atoms with Gasteiger partial charge in [-0.2, -0.15) is 0 Å². The molecule has 128 valence electrons. The maximum Gasteiger partial charge on any atom is 0.270 e. The van der Waals surface area contributed by atoms with Gasteiger partial charge in [0.15, 0.2) is 0 Å². The summed E-state index contributed by atoms with van der Waals surface area (Å²) in [7, 11) is 0. The van der Waals surface area contributed by atoms with Gasteiger partial charge in [-0.05, 0) is 44.7 Å². The fourth-order valence-electron chi connectivity index (χ4n) is 3.08. The average Bonchev–Trinajstić information content (AvgIpc) is 3.06. The third-order valence-electron chi connectivity index (χ3n) is 4.44. The van der Waals surface area contributed by atoms with Gasteiger partial charge in [0, 0.05) is 17.3 Å². The Morgan fingerprint density at radius 1 is 1.32 bits per heavy atom. The topological polar surface area (TPSA) is 76.4 Å². The lowest BCUT2D eigenvalue weighted by Gasteiger charge is -2.11. The Kier molecular flexibility index (Phi) is 4.09. The van der Waals surface area contributed by atoms with E-state index in [9.17, 15) is 9.59 Å². The minimum absolute atomic E-state index is 0.0388. The van der Waals surface area contributed by atoms with Crippen molar-refractivity contribution in [3.05, 3.63) is 62.1 Å². The minimum Gasteiger partial charge on any atom is -0.343 e. The van der Waals surface area contributed by atoms with Crippen LogP contribution in [0.5, 0.6) is 0 Å². The van der Waals surface area contributed by atoms with Crippen LogP contribution in [0.4, 0.5) is 0 Å².